The fraction of sp³-hybridized carbons (Fsp3) is 0.591. The highest BCUT2D eigenvalue weighted by Crippen LogP contribution is 2.55. The first-order valence-electron chi connectivity index (χ1n) is 10.5. The zero-order valence-corrected chi connectivity index (χ0v) is 18.1. The Kier molecular flexibility index (Phi) is 4.98. The number of fused-ring (bicyclic) bond motifs is 4. The Balaban J connectivity index is 1.86. The molecule has 4 rings (SSSR count). The summed E-state index contributed by atoms with van der Waals surface area (Å²) in [7, 11) is 0. The van der Waals surface area contributed by atoms with Crippen LogP contribution in [0, 0.1) is 24.7 Å². The number of hydrogen-bond acceptors (Lipinski definition) is 4. The number of nitrogens with zero attached hydrogens (tertiary/aromatic N) is 1. The highest BCUT2D eigenvalue weighted by Gasteiger charge is 2.70. The molecule has 2 saturated heterocycles. The summed E-state index contributed by atoms with van der Waals surface area (Å²) in [5.74, 6) is -1.63. The second-order valence-corrected chi connectivity index (χ2v) is 9.40. The molecule has 3 heterocycles. The quantitative estimate of drug-likeness (QED) is 0.721. The monoisotopic (exact) mass is 417 g/mol. The lowest BCUT2D eigenvalue weighted by Gasteiger charge is -2.30. The largest absolute Gasteiger partial charge is 0.323 e. The van der Waals surface area contributed by atoms with E-state index in [9.17, 15) is 14.4 Å². The third kappa shape index (κ3) is 2.83. The van der Waals surface area contributed by atoms with Gasteiger partial charge in [-0.05, 0) is 37.3 Å². The fourth-order valence-electron chi connectivity index (χ4n) is 5.30. The number of likely N-dealkylation sites (tertiary alicyclic amines) is 1. The molecule has 2 fully saturated rings. The van der Waals surface area contributed by atoms with E-state index in [1.54, 1.807) is 6.07 Å². The maximum Gasteiger partial charge on any atom is 0.250 e. The van der Waals surface area contributed by atoms with Crippen LogP contribution in [0.2, 0.25) is 5.02 Å². The molecular formula is C22H28ClN3O3. The van der Waals surface area contributed by atoms with E-state index < -0.39 is 17.4 Å². The minimum absolute atomic E-state index is 0.150. The molecule has 0 aliphatic carbocycles. The standard InChI is InChI=1S/C22H28ClN3O3/c1-5-6-7-26-19(27)16-15(8-11(2)3)25-22(17(16)20(26)28)13-9-12(4)10-14(23)18(13)24-21(22)29/h9-11,15-17,25H,5-8H2,1-4H3,(H,24,29). The van der Waals surface area contributed by atoms with Gasteiger partial charge in [-0.15, -0.1) is 0 Å². The molecule has 4 atom stereocenters. The molecule has 2 N–H and O–H groups in total. The Hall–Kier alpha value is -1.92. The predicted molar refractivity (Wildman–Crippen MR) is 111 cm³/mol. The summed E-state index contributed by atoms with van der Waals surface area (Å²) in [6.45, 7) is 8.52. The molecule has 156 valence electrons. The number of hydrogen-bond donors (Lipinski definition) is 2. The van der Waals surface area contributed by atoms with Crippen LogP contribution in [0.1, 0.15) is 51.2 Å². The molecule has 6 nitrogen and oxygen atoms in total. The van der Waals surface area contributed by atoms with Gasteiger partial charge in [-0.3, -0.25) is 24.6 Å². The van der Waals surface area contributed by atoms with E-state index in [0.29, 0.717) is 35.2 Å². The minimum atomic E-state index is -1.25. The number of anilines is 1. The lowest BCUT2D eigenvalue weighted by Crippen LogP contribution is -2.53. The van der Waals surface area contributed by atoms with E-state index in [1.807, 2.05) is 19.9 Å². The first-order valence-corrected chi connectivity index (χ1v) is 10.8. The molecule has 0 bridgehead atoms. The molecule has 1 spiro atoms. The summed E-state index contributed by atoms with van der Waals surface area (Å²) < 4.78 is 0. The van der Waals surface area contributed by atoms with Crippen LogP contribution in [0.15, 0.2) is 12.1 Å². The van der Waals surface area contributed by atoms with Gasteiger partial charge in [-0.1, -0.05) is 44.9 Å². The molecule has 3 aliphatic rings. The molecule has 0 radical (unpaired) electrons. The van der Waals surface area contributed by atoms with Crippen LogP contribution in [-0.2, 0) is 19.9 Å². The van der Waals surface area contributed by atoms with Crippen LogP contribution in [0.5, 0.6) is 0 Å². The highest BCUT2D eigenvalue weighted by molar-refractivity contribution is 6.35. The number of carbonyl (C=O) groups is 3. The number of imide groups is 1. The molecule has 3 amide bonds. The van der Waals surface area contributed by atoms with Crippen molar-refractivity contribution in [1.82, 2.24) is 10.2 Å². The van der Waals surface area contributed by atoms with E-state index in [1.165, 1.54) is 4.90 Å². The number of amides is 3. The summed E-state index contributed by atoms with van der Waals surface area (Å²) in [6, 6.07) is 3.47. The van der Waals surface area contributed by atoms with Gasteiger partial charge in [0.25, 0.3) is 0 Å². The number of nitrogens with one attached hydrogen (secondary N) is 2. The van der Waals surface area contributed by atoms with Crippen molar-refractivity contribution in [2.45, 2.75) is 58.5 Å². The van der Waals surface area contributed by atoms with Crippen molar-refractivity contribution in [3.8, 4) is 0 Å². The average molecular weight is 418 g/mol. The Labute approximate surface area is 176 Å². The number of aryl methyl sites for hydroxylation is 1. The molecule has 3 aliphatic heterocycles. The predicted octanol–water partition coefficient (Wildman–Crippen LogP) is 3.22. The number of unbranched alkanes of at least 4 members (excludes halogenated alkanes) is 1. The van der Waals surface area contributed by atoms with Crippen LogP contribution < -0.4 is 10.6 Å². The summed E-state index contributed by atoms with van der Waals surface area (Å²) in [5.41, 5.74) is 0.899. The van der Waals surface area contributed by atoms with Crippen molar-refractivity contribution >= 4 is 35.0 Å². The zero-order valence-electron chi connectivity index (χ0n) is 17.3. The smallest absolute Gasteiger partial charge is 0.250 e. The van der Waals surface area contributed by atoms with Crippen LogP contribution in [-0.4, -0.2) is 35.2 Å². The topological polar surface area (TPSA) is 78.5 Å². The van der Waals surface area contributed by atoms with Gasteiger partial charge < -0.3 is 5.32 Å². The average Bonchev–Trinajstić information content (AvgIpc) is 3.20. The normalized spacial score (nSPS) is 30.5. The Bertz CT molecular complexity index is 900. The van der Waals surface area contributed by atoms with Crippen molar-refractivity contribution in [3.63, 3.8) is 0 Å². The SMILES string of the molecule is CCCCN1C(=O)C2C(CC(C)C)NC3(C(=O)Nc4c(Cl)cc(C)cc43)C2C1=O. The number of carbonyl (C=O) groups excluding carboxylic acids is 3. The van der Waals surface area contributed by atoms with Gasteiger partial charge >= 0.3 is 0 Å². The highest BCUT2D eigenvalue weighted by atomic mass is 35.5. The van der Waals surface area contributed by atoms with E-state index in [4.69, 9.17) is 11.6 Å². The van der Waals surface area contributed by atoms with Crippen molar-refractivity contribution in [2.75, 3.05) is 11.9 Å². The Morgan fingerprint density at radius 2 is 1.93 bits per heavy atom. The van der Waals surface area contributed by atoms with Crippen molar-refractivity contribution in [3.05, 3.63) is 28.3 Å². The van der Waals surface area contributed by atoms with E-state index >= 15 is 0 Å². The lowest BCUT2D eigenvalue weighted by molar-refractivity contribution is -0.142. The van der Waals surface area contributed by atoms with E-state index in [-0.39, 0.29) is 23.8 Å². The maximum atomic E-state index is 13.5. The van der Waals surface area contributed by atoms with Gasteiger partial charge in [0.05, 0.1) is 22.5 Å². The van der Waals surface area contributed by atoms with Crippen molar-refractivity contribution < 1.29 is 14.4 Å². The summed E-state index contributed by atoms with van der Waals surface area (Å²) in [6.07, 6.45) is 2.37. The minimum Gasteiger partial charge on any atom is -0.323 e. The lowest BCUT2D eigenvalue weighted by atomic mass is 9.76. The summed E-state index contributed by atoms with van der Waals surface area (Å²) in [4.78, 5) is 41.5. The molecular weight excluding hydrogens is 390 g/mol. The summed E-state index contributed by atoms with van der Waals surface area (Å²) >= 11 is 6.42. The van der Waals surface area contributed by atoms with Crippen LogP contribution in [0.25, 0.3) is 0 Å². The number of halogens is 1. The molecule has 0 saturated carbocycles. The molecule has 1 aromatic rings. The van der Waals surface area contributed by atoms with E-state index in [2.05, 4.69) is 24.5 Å². The van der Waals surface area contributed by atoms with Crippen molar-refractivity contribution in [1.29, 1.82) is 0 Å². The van der Waals surface area contributed by atoms with E-state index in [0.717, 1.165) is 18.4 Å². The second-order valence-electron chi connectivity index (χ2n) is 9.00. The van der Waals surface area contributed by atoms with Gasteiger partial charge in [0.15, 0.2) is 0 Å². The van der Waals surface area contributed by atoms with Gasteiger partial charge in [0, 0.05) is 18.2 Å². The number of rotatable bonds is 5. The second kappa shape index (κ2) is 7.10. The van der Waals surface area contributed by atoms with Gasteiger partial charge in [0.2, 0.25) is 17.7 Å². The summed E-state index contributed by atoms with van der Waals surface area (Å²) in [5, 5.41) is 6.80. The Morgan fingerprint density at radius 3 is 2.59 bits per heavy atom. The van der Waals surface area contributed by atoms with Crippen LogP contribution in [0.3, 0.4) is 0 Å². The molecule has 4 unspecified atom stereocenters. The van der Waals surface area contributed by atoms with Gasteiger partial charge in [-0.2, -0.15) is 0 Å². The third-order valence-electron chi connectivity index (χ3n) is 6.47. The molecule has 29 heavy (non-hydrogen) atoms. The number of benzene rings is 1. The molecule has 0 aromatic heterocycles. The molecule has 1 aromatic carbocycles. The Morgan fingerprint density at radius 1 is 1.21 bits per heavy atom. The zero-order chi connectivity index (χ0) is 21.1. The first-order chi connectivity index (χ1) is 13.7. The van der Waals surface area contributed by atoms with Gasteiger partial charge in [0.1, 0.15) is 5.54 Å². The van der Waals surface area contributed by atoms with Crippen molar-refractivity contribution in [2.24, 2.45) is 17.8 Å². The van der Waals surface area contributed by atoms with Gasteiger partial charge in [-0.25, -0.2) is 0 Å². The maximum absolute atomic E-state index is 13.5. The molecule has 7 heteroatoms. The van der Waals surface area contributed by atoms with Crippen LogP contribution in [0.4, 0.5) is 5.69 Å². The van der Waals surface area contributed by atoms with Crippen LogP contribution >= 0.6 is 11.6 Å². The third-order valence-corrected chi connectivity index (χ3v) is 6.77. The first kappa shape index (κ1) is 20.4. The fourth-order valence-corrected chi connectivity index (χ4v) is 5.62.